The lowest BCUT2D eigenvalue weighted by Gasteiger charge is -2.19. The van der Waals surface area contributed by atoms with Gasteiger partial charge in [0.2, 0.25) is 5.82 Å². The van der Waals surface area contributed by atoms with E-state index in [1.54, 1.807) is 17.9 Å². The van der Waals surface area contributed by atoms with Crippen LogP contribution in [0.15, 0.2) is 10.7 Å². The largest absolute Gasteiger partial charge is 0.383 e. The summed E-state index contributed by atoms with van der Waals surface area (Å²) in [5.74, 6) is 1.28. The summed E-state index contributed by atoms with van der Waals surface area (Å²) in [6.07, 6.45) is 1.30. The van der Waals surface area contributed by atoms with E-state index >= 15 is 0 Å². The monoisotopic (exact) mass is 251 g/mol. The number of nitrogen functional groups attached to an aromatic ring is 1. The average molecular weight is 251 g/mol. The van der Waals surface area contributed by atoms with Gasteiger partial charge in [0.05, 0.1) is 26.0 Å². The molecule has 1 aliphatic heterocycles. The summed E-state index contributed by atoms with van der Waals surface area (Å²) < 4.78 is 17.5. The van der Waals surface area contributed by atoms with E-state index in [-0.39, 0.29) is 6.10 Å². The molecule has 96 valence electrons. The molecule has 1 unspecified atom stereocenters. The van der Waals surface area contributed by atoms with E-state index in [2.05, 4.69) is 15.2 Å². The van der Waals surface area contributed by atoms with Crippen LogP contribution in [0.3, 0.4) is 0 Å². The van der Waals surface area contributed by atoms with Crippen molar-refractivity contribution in [2.45, 2.75) is 6.10 Å². The van der Waals surface area contributed by atoms with Gasteiger partial charge in [0.1, 0.15) is 17.5 Å². The van der Waals surface area contributed by atoms with E-state index in [1.807, 2.05) is 0 Å². The molecule has 0 aromatic carbocycles. The lowest BCUT2D eigenvalue weighted by Crippen LogP contribution is -2.22. The summed E-state index contributed by atoms with van der Waals surface area (Å²) >= 11 is 0. The zero-order valence-electron chi connectivity index (χ0n) is 9.87. The van der Waals surface area contributed by atoms with Gasteiger partial charge in [-0.05, 0) is 0 Å². The maximum atomic E-state index is 5.84. The van der Waals surface area contributed by atoms with Crippen molar-refractivity contribution in [1.29, 1.82) is 0 Å². The molecule has 0 aliphatic carbocycles. The minimum atomic E-state index is -0.283. The van der Waals surface area contributed by atoms with Crippen molar-refractivity contribution in [3.63, 3.8) is 0 Å². The molecule has 1 fully saturated rings. The van der Waals surface area contributed by atoms with Crippen LogP contribution in [0.5, 0.6) is 0 Å². The van der Waals surface area contributed by atoms with Crippen molar-refractivity contribution in [3.05, 3.63) is 12.0 Å². The van der Waals surface area contributed by atoms with E-state index in [1.165, 1.54) is 0 Å². The van der Waals surface area contributed by atoms with Gasteiger partial charge in [0.25, 0.3) is 5.89 Å². The summed E-state index contributed by atoms with van der Waals surface area (Å²) in [5, 5.41) is 7.91. The third-order valence-corrected chi connectivity index (χ3v) is 2.76. The van der Waals surface area contributed by atoms with Crippen LogP contribution in [0.2, 0.25) is 0 Å². The van der Waals surface area contributed by atoms with Crippen LogP contribution in [0.4, 0.5) is 5.82 Å². The molecule has 2 aromatic rings. The number of aryl methyl sites for hydroxylation is 1. The van der Waals surface area contributed by atoms with Crippen LogP contribution in [0, 0.1) is 0 Å². The fourth-order valence-electron chi connectivity index (χ4n) is 1.72. The van der Waals surface area contributed by atoms with Crippen LogP contribution in [0.25, 0.3) is 11.5 Å². The molecule has 1 atom stereocenters. The Kier molecular flexibility index (Phi) is 2.73. The Bertz CT molecular complexity index is 543. The molecule has 1 saturated heterocycles. The maximum Gasteiger partial charge on any atom is 0.263 e. The van der Waals surface area contributed by atoms with Gasteiger partial charge in [0, 0.05) is 7.05 Å². The molecule has 0 amide bonds. The summed E-state index contributed by atoms with van der Waals surface area (Å²) in [6.45, 7) is 1.56. The van der Waals surface area contributed by atoms with Crippen LogP contribution in [-0.2, 0) is 16.5 Å². The molecular formula is C10H13N5O3. The number of anilines is 1. The molecule has 3 rings (SSSR count). The van der Waals surface area contributed by atoms with Crippen molar-refractivity contribution in [1.82, 2.24) is 19.9 Å². The molecule has 2 aromatic heterocycles. The first kappa shape index (κ1) is 11.2. The molecular weight excluding hydrogens is 238 g/mol. The summed E-state index contributed by atoms with van der Waals surface area (Å²) in [4.78, 5) is 4.26. The van der Waals surface area contributed by atoms with Crippen molar-refractivity contribution in [3.8, 4) is 11.5 Å². The first-order chi connectivity index (χ1) is 8.75. The normalized spacial score (nSPS) is 20.2. The van der Waals surface area contributed by atoms with Gasteiger partial charge in [0.15, 0.2) is 0 Å². The minimum Gasteiger partial charge on any atom is -0.383 e. The Labute approximate surface area is 103 Å². The Morgan fingerprint density at radius 2 is 2.33 bits per heavy atom. The van der Waals surface area contributed by atoms with E-state index in [0.29, 0.717) is 42.9 Å². The van der Waals surface area contributed by atoms with Gasteiger partial charge < -0.3 is 19.7 Å². The summed E-state index contributed by atoms with van der Waals surface area (Å²) in [5.41, 5.74) is 6.46. The second kappa shape index (κ2) is 4.39. The number of aromatic nitrogens is 4. The van der Waals surface area contributed by atoms with E-state index in [0.717, 1.165) is 0 Å². The smallest absolute Gasteiger partial charge is 0.263 e. The molecule has 18 heavy (non-hydrogen) atoms. The van der Waals surface area contributed by atoms with Crippen molar-refractivity contribution >= 4 is 5.82 Å². The average Bonchev–Trinajstić information content (AvgIpc) is 3.00. The Hall–Kier alpha value is -1.93. The SMILES string of the molecule is Cn1ncc(-c2nc(C3COCCO3)no2)c1N. The maximum absolute atomic E-state index is 5.84. The number of hydrogen-bond donors (Lipinski definition) is 1. The first-order valence-corrected chi connectivity index (χ1v) is 5.56. The molecule has 0 bridgehead atoms. The fraction of sp³-hybridized carbons (Fsp3) is 0.500. The highest BCUT2D eigenvalue weighted by Gasteiger charge is 2.24. The number of rotatable bonds is 2. The quantitative estimate of drug-likeness (QED) is 0.809. The Balaban J connectivity index is 1.87. The van der Waals surface area contributed by atoms with E-state index < -0.39 is 0 Å². The van der Waals surface area contributed by atoms with E-state index in [9.17, 15) is 0 Å². The van der Waals surface area contributed by atoms with Gasteiger partial charge >= 0.3 is 0 Å². The molecule has 2 N–H and O–H groups in total. The number of hydrogen-bond acceptors (Lipinski definition) is 7. The third kappa shape index (κ3) is 1.85. The van der Waals surface area contributed by atoms with Crippen LogP contribution in [-0.4, -0.2) is 39.7 Å². The molecule has 0 saturated carbocycles. The van der Waals surface area contributed by atoms with E-state index in [4.69, 9.17) is 19.7 Å². The van der Waals surface area contributed by atoms with Crippen molar-refractivity contribution < 1.29 is 14.0 Å². The topological polar surface area (TPSA) is 101 Å². The van der Waals surface area contributed by atoms with Crippen LogP contribution in [0.1, 0.15) is 11.9 Å². The zero-order chi connectivity index (χ0) is 12.5. The van der Waals surface area contributed by atoms with Gasteiger partial charge in [-0.1, -0.05) is 5.16 Å². The highest BCUT2D eigenvalue weighted by atomic mass is 16.6. The third-order valence-electron chi connectivity index (χ3n) is 2.76. The molecule has 1 aliphatic rings. The second-order valence-corrected chi connectivity index (χ2v) is 3.96. The summed E-state index contributed by atoms with van der Waals surface area (Å²) in [7, 11) is 1.74. The molecule has 8 heteroatoms. The Morgan fingerprint density at radius 3 is 3.00 bits per heavy atom. The van der Waals surface area contributed by atoms with Crippen molar-refractivity contribution in [2.24, 2.45) is 7.05 Å². The minimum absolute atomic E-state index is 0.283. The molecule has 0 radical (unpaired) electrons. The lowest BCUT2D eigenvalue weighted by atomic mass is 10.3. The number of nitrogens with zero attached hydrogens (tertiary/aromatic N) is 4. The van der Waals surface area contributed by atoms with Gasteiger partial charge in [-0.25, -0.2) is 0 Å². The highest BCUT2D eigenvalue weighted by molar-refractivity contribution is 5.66. The van der Waals surface area contributed by atoms with Gasteiger partial charge in [-0.3, -0.25) is 4.68 Å². The zero-order valence-corrected chi connectivity index (χ0v) is 9.87. The number of nitrogens with two attached hydrogens (primary N) is 1. The molecule has 3 heterocycles. The first-order valence-electron chi connectivity index (χ1n) is 5.56. The van der Waals surface area contributed by atoms with Crippen LogP contribution < -0.4 is 5.73 Å². The fourth-order valence-corrected chi connectivity index (χ4v) is 1.72. The number of ether oxygens (including phenoxy) is 2. The highest BCUT2D eigenvalue weighted by Crippen LogP contribution is 2.25. The second-order valence-electron chi connectivity index (χ2n) is 3.96. The van der Waals surface area contributed by atoms with Gasteiger partial charge in [-0.15, -0.1) is 0 Å². The standard InChI is InChI=1S/C10H13N5O3/c1-15-8(11)6(4-12-15)10-13-9(14-18-10)7-5-16-2-3-17-7/h4,7H,2-3,5,11H2,1H3. The molecule has 8 nitrogen and oxygen atoms in total. The summed E-state index contributed by atoms with van der Waals surface area (Å²) in [6, 6.07) is 0. The van der Waals surface area contributed by atoms with Crippen LogP contribution >= 0.6 is 0 Å². The predicted molar refractivity (Wildman–Crippen MR) is 60.4 cm³/mol. The van der Waals surface area contributed by atoms with Crippen molar-refractivity contribution in [2.75, 3.05) is 25.6 Å². The van der Waals surface area contributed by atoms with Gasteiger partial charge in [-0.2, -0.15) is 10.1 Å². The predicted octanol–water partition coefficient (Wildman–Crippen LogP) is 0.140. The molecule has 0 spiro atoms. The lowest BCUT2D eigenvalue weighted by molar-refractivity contribution is -0.0941. The Morgan fingerprint density at radius 1 is 1.44 bits per heavy atom.